The van der Waals surface area contributed by atoms with E-state index in [1.807, 2.05) is 24.3 Å². The molecule has 0 N–H and O–H groups in total. The van der Waals surface area contributed by atoms with Crippen LogP contribution in [0.3, 0.4) is 0 Å². The third-order valence-corrected chi connectivity index (χ3v) is 17.2. The quantitative estimate of drug-likeness (QED) is 0.162. The lowest BCUT2D eigenvalue weighted by atomic mass is 10.3. The van der Waals surface area contributed by atoms with Gasteiger partial charge in [0.05, 0.1) is 0 Å². The molecule has 41 heavy (non-hydrogen) atoms. The molecule has 1 nitrogen and oxygen atoms in total. The van der Waals surface area contributed by atoms with E-state index in [9.17, 15) is 0 Å². The molecule has 0 saturated carbocycles. The van der Waals surface area contributed by atoms with Gasteiger partial charge in [-0.15, -0.1) is 0 Å². The molecule has 0 amide bonds. The van der Waals surface area contributed by atoms with Crippen molar-refractivity contribution in [1.29, 1.82) is 0 Å². The third kappa shape index (κ3) is 5.24. The van der Waals surface area contributed by atoms with E-state index in [-0.39, 0.29) is 0 Å². The summed E-state index contributed by atoms with van der Waals surface area (Å²) in [6, 6.07) is 59.1. The highest BCUT2D eigenvalue weighted by Crippen LogP contribution is 2.21. The van der Waals surface area contributed by atoms with Crippen molar-refractivity contribution in [2.75, 3.05) is 0 Å². The second-order valence-electron chi connectivity index (χ2n) is 9.95. The molecule has 0 aliphatic heterocycles. The van der Waals surface area contributed by atoms with Crippen molar-refractivity contribution >= 4 is 71.0 Å². The van der Waals surface area contributed by atoms with Gasteiger partial charge in [0.1, 0.15) is 0 Å². The highest BCUT2D eigenvalue weighted by atomic mass is 35.5. The van der Waals surface area contributed by atoms with Gasteiger partial charge < -0.3 is 4.12 Å². The Kier molecular flexibility index (Phi) is 8.06. The Hall–Kier alpha value is -3.71. The fraction of sp³-hybridized carbons (Fsp3) is 0. The third-order valence-electron chi connectivity index (χ3n) is 7.49. The number of halogens is 2. The van der Waals surface area contributed by atoms with E-state index in [0.717, 1.165) is 31.1 Å². The fourth-order valence-corrected chi connectivity index (χ4v) is 16.9. The van der Waals surface area contributed by atoms with Crippen LogP contribution in [0.25, 0.3) is 0 Å². The standard InChI is InChI=1S/C36H28Cl2OSi2/c37-29-15-13-25-35(27-29)40(31-17-5-1-6-18-31,32-19-7-2-8-20-32)39-41(33-21-9-3-10-22-33,34-23-11-4-12-24-34)36-26-14-16-30(38)28-36/h1-28H. The lowest BCUT2D eigenvalue weighted by Gasteiger charge is -2.44. The highest BCUT2D eigenvalue weighted by molar-refractivity contribution is 7.18. The van der Waals surface area contributed by atoms with Crippen LogP contribution in [0.4, 0.5) is 0 Å². The van der Waals surface area contributed by atoms with Crippen molar-refractivity contribution in [2.24, 2.45) is 0 Å². The molecule has 0 fully saturated rings. The zero-order valence-electron chi connectivity index (χ0n) is 22.3. The first-order chi connectivity index (χ1) is 20.1. The summed E-state index contributed by atoms with van der Waals surface area (Å²) in [6.45, 7) is 0. The van der Waals surface area contributed by atoms with Gasteiger partial charge in [-0.25, -0.2) is 0 Å². The van der Waals surface area contributed by atoms with Crippen LogP contribution in [0.2, 0.25) is 10.0 Å². The molecule has 200 valence electrons. The Bertz CT molecular complexity index is 1520. The predicted octanol–water partition coefficient (Wildman–Crippen LogP) is 5.64. The maximum atomic E-state index is 8.21. The molecule has 0 aliphatic carbocycles. The van der Waals surface area contributed by atoms with E-state index in [4.69, 9.17) is 27.3 Å². The summed E-state index contributed by atoms with van der Waals surface area (Å²) >= 11 is 13.5. The van der Waals surface area contributed by atoms with Gasteiger partial charge in [0.15, 0.2) is 0 Å². The summed E-state index contributed by atoms with van der Waals surface area (Å²) in [5, 5.41) is 8.16. The molecule has 6 aromatic carbocycles. The molecular formula is C36H28Cl2OSi2. The number of rotatable bonds is 8. The molecule has 5 heteroatoms. The maximum absolute atomic E-state index is 8.21. The normalized spacial score (nSPS) is 11.8. The maximum Gasteiger partial charge on any atom is 0.278 e. The Morgan fingerprint density at radius 2 is 0.585 bits per heavy atom. The molecule has 0 aromatic heterocycles. The van der Waals surface area contributed by atoms with Gasteiger partial charge in [-0.05, 0) is 55.4 Å². The van der Waals surface area contributed by atoms with E-state index in [0.29, 0.717) is 10.0 Å². The van der Waals surface area contributed by atoms with E-state index < -0.39 is 16.6 Å². The molecule has 0 atom stereocenters. The molecule has 0 unspecified atom stereocenters. The zero-order chi connectivity index (χ0) is 28.1. The number of hydrogen-bond acceptors (Lipinski definition) is 1. The molecule has 0 spiro atoms. The summed E-state index contributed by atoms with van der Waals surface area (Å²) in [5.74, 6) is 0. The average molecular weight is 604 g/mol. The molecule has 0 radical (unpaired) electrons. The Morgan fingerprint density at radius 3 is 0.854 bits per heavy atom. The zero-order valence-corrected chi connectivity index (χ0v) is 25.8. The summed E-state index contributed by atoms with van der Waals surface area (Å²) in [6.07, 6.45) is 0. The SMILES string of the molecule is Clc1cccc([Si](O[Si](c2ccccc2)(c2ccccc2)c2cccc(Cl)c2)(c2ccccc2)c2ccccc2)c1. The van der Waals surface area contributed by atoms with Crippen molar-refractivity contribution in [1.82, 2.24) is 0 Å². The minimum absolute atomic E-state index is 0.685. The molecule has 0 heterocycles. The second kappa shape index (κ2) is 12.0. The summed E-state index contributed by atoms with van der Waals surface area (Å²) in [5.41, 5.74) is 0. The van der Waals surface area contributed by atoms with Gasteiger partial charge >= 0.3 is 0 Å². The van der Waals surface area contributed by atoms with Gasteiger partial charge in [-0.1, -0.05) is 169 Å². The van der Waals surface area contributed by atoms with Crippen LogP contribution in [-0.2, 0) is 4.12 Å². The van der Waals surface area contributed by atoms with Gasteiger partial charge in [-0.2, -0.15) is 0 Å². The topological polar surface area (TPSA) is 9.23 Å². The smallest absolute Gasteiger partial charge is 0.278 e. The van der Waals surface area contributed by atoms with Gasteiger partial charge in [-0.3, -0.25) is 0 Å². The minimum Gasteiger partial charge on any atom is -0.435 e. The van der Waals surface area contributed by atoms with Gasteiger partial charge in [0, 0.05) is 10.0 Å². The van der Waals surface area contributed by atoms with Crippen molar-refractivity contribution in [3.63, 3.8) is 0 Å². The number of benzene rings is 6. The first-order valence-electron chi connectivity index (χ1n) is 13.6. The minimum atomic E-state index is -3.22. The summed E-state index contributed by atoms with van der Waals surface area (Å²) in [4.78, 5) is 0. The van der Waals surface area contributed by atoms with Gasteiger partial charge in [0.25, 0.3) is 16.6 Å². The van der Waals surface area contributed by atoms with Crippen LogP contribution in [0.1, 0.15) is 0 Å². The lowest BCUT2D eigenvalue weighted by Crippen LogP contribution is -2.81. The molecule has 0 saturated heterocycles. The van der Waals surface area contributed by atoms with E-state index >= 15 is 0 Å². The predicted molar refractivity (Wildman–Crippen MR) is 179 cm³/mol. The second-order valence-corrected chi connectivity index (χ2v) is 17.8. The van der Waals surface area contributed by atoms with Crippen LogP contribution in [0.5, 0.6) is 0 Å². The van der Waals surface area contributed by atoms with Crippen LogP contribution in [0.15, 0.2) is 170 Å². The van der Waals surface area contributed by atoms with E-state index in [2.05, 4.69) is 146 Å². The molecule has 0 bridgehead atoms. The van der Waals surface area contributed by atoms with Crippen LogP contribution in [-0.4, -0.2) is 16.6 Å². The largest absolute Gasteiger partial charge is 0.435 e. The van der Waals surface area contributed by atoms with Crippen molar-refractivity contribution in [3.05, 3.63) is 180 Å². The average Bonchev–Trinajstić information content (AvgIpc) is 3.04. The fourth-order valence-electron chi connectivity index (χ4n) is 5.69. The monoisotopic (exact) mass is 602 g/mol. The molecular weight excluding hydrogens is 575 g/mol. The van der Waals surface area contributed by atoms with Crippen LogP contribution in [0, 0.1) is 0 Å². The van der Waals surface area contributed by atoms with Crippen molar-refractivity contribution < 1.29 is 4.12 Å². The molecule has 0 aliphatic rings. The summed E-state index contributed by atoms with van der Waals surface area (Å²) in [7, 11) is -6.44. The van der Waals surface area contributed by atoms with Gasteiger partial charge in [0.2, 0.25) is 0 Å². The van der Waals surface area contributed by atoms with E-state index in [1.165, 1.54) is 0 Å². The highest BCUT2D eigenvalue weighted by Gasteiger charge is 2.53. The molecule has 6 rings (SSSR count). The van der Waals surface area contributed by atoms with Crippen molar-refractivity contribution in [3.8, 4) is 0 Å². The Balaban J connectivity index is 1.78. The lowest BCUT2D eigenvalue weighted by molar-refractivity contribution is 0.600. The van der Waals surface area contributed by atoms with Crippen LogP contribution >= 0.6 is 23.2 Å². The molecule has 6 aromatic rings. The first-order valence-corrected chi connectivity index (χ1v) is 18.1. The van der Waals surface area contributed by atoms with Crippen molar-refractivity contribution in [2.45, 2.75) is 0 Å². The number of hydrogen-bond donors (Lipinski definition) is 0. The van der Waals surface area contributed by atoms with E-state index in [1.54, 1.807) is 0 Å². The first kappa shape index (κ1) is 27.5. The summed E-state index contributed by atoms with van der Waals surface area (Å²) < 4.78 is 8.21. The Morgan fingerprint density at radius 1 is 0.317 bits per heavy atom. The Labute approximate surface area is 253 Å². The van der Waals surface area contributed by atoms with Crippen LogP contribution < -0.4 is 31.1 Å².